The van der Waals surface area contributed by atoms with E-state index in [9.17, 15) is 0 Å². The van der Waals surface area contributed by atoms with E-state index in [0.717, 1.165) is 0 Å². The molecule has 2 radical (unpaired) electrons. The molecule has 0 fully saturated rings. The molecule has 156 valence electrons. The molecule has 0 atom stereocenters. The van der Waals surface area contributed by atoms with Gasteiger partial charge in [0.15, 0.2) is 0 Å². The summed E-state index contributed by atoms with van der Waals surface area (Å²) in [5, 5.41) is 0. The van der Waals surface area contributed by atoms with Crippen molar-refractivity contribution < 1.29 is 0 Å². The van der Waals surface area contributed by atoms with E-state index < -0.39 is 40.4 Å². The first kappa shape index (κ1) is 24.6. The SMILES string of the molecule is CC[CH2][SbH]([CH2]CC)[CH2]CC.c1cc[c]([SbH]([c]2ccccc2)[c]2ccccc2)cc1. The molecular weight excluding hydrogens is 568 g/mol. The summed E-state index contributed by atoms with van der Waals surface area (Å²) in [7, 11) is 0. The van der Waals surface area contributed by atoms with E-state index >= 15 is 0 Å². The Balaban J connectivity index is 0.000000257. The Bertz CT molecular complexity index is 648. The molecular formula is C27H38Sb2. The standard InChI is InChI=1S/3C6H5.3C3H7.2Sb.2H/c3*1-2-4-6-5-3-1;3*1-3-2;;;;/h3*1-5H;3*1,3H2,2H3;;;;. The summed E-state index contributed by atoms with van der Waals surface area (Å²) in [6.45, 7) is 7.02. The van der Waals surface area contributed by atoms with Gasteiger partial charge in [-0.15, -0.1) is 0 Å². The van der Waals surface area contributed by atoms with Crippen LogP contribution in [-0.2, 0) is 0 Å². The predicted molar refractivity (Wildman–Crippen MR) is 138 cm³/mol. The van der Waals surface area contributed by atoms with Crippen LogP contribution in [0.5, 0.6) is 0 Å². The van der Waals surface area contributed by atoms with Gasteiger partial charge in [0, 0.05) is 0 Å². The molecule has 0 saturated carbocycles. The summed E-state index contributed by atoms with van der Waals surface area (Å²) in [5.74, 6) is 0. The van der Waals surface area contributed by atoms with Crippen LogP contribution in [0.2, 0.25) is 13.1 Å². The Morgan fingerprint density at radius 2 is 0.724 bits per heavy atom. The van der Waals surface area contributed by atoms with Crippen LogP contribution < -0.4 is 10.5 Å². The Morgan fingerprint density at radius 1 is 0.448 bits per heavy atom. The van der Waals surface area contributed by atoms with Crippen LogP contribution in [0.25, 0.3) is 0 Å². The van der Waals surface area contributed by atoms with Crippen LogP contribution in [0.15, 0.2) is 91.0 Å². The second-order valence-electron chi connectivity index (χ2n) is 7.47. The molecule has 0 aliphatic rings. The van der Waals surface area contributed by atoms with Gasteiger partial charge < -0.3 is 0 Å². The van der Waals surface area contributed by atoms with Gasteiger partial charge in [-0.3, -0.25) is 0 Å². The van der Waals surface area contributed by atoms with Gasteiger partial charge in [-0.1, -0.05) is 0 Å². The van der Waals surface area contributed by atoms with Crippen molar-refractivity contribution in [3.05, 3.63) is 91.0 Å². The molecule has 0 nitrogen and oxygen atoms in total. The minimum absolute atomic E-state index is 0.759. The van der Waals surface area contributed by atoms with E-state index in [1.165, 1.54) is 29.8 Å². The first-order valence-corrected chi connectivity index (χ1v) is 21.5. The zero-order valence-corrected chi connectivity index (χ0v) is 24.1. The quantitative estimate of drug-likeness (QED) is 0.288. The molecule has 0 N–H and O–H groups in total. The molecule has 0 aromatic heterocycles. The molecule has 2 heteroatoms. The first-order chi connectivity index (χ1) is 14.3. The topological polar surface area (TPSA) is 0 Å². The molecule has 3 aromatic rings. The fourth-order valence-electron chi connectivity index (χ4n) is 3.75. The van der Waals surface area contributed by atoms with Crippen LogP contribution >= 0.6 is 0 Å². The van der Waals surface area contributed by atoms with Crippen molar-refractivity contribution in [2.75, 3.05) is 0 Å². The number of hydrogen-bond acceptors (Lipinski definition) is 0. The van der Waals surface area contributed by atoms with Crippen molar-refractivity contribution in [3.8, 4) is 0 Å². The zero-order chi connectivity index (χ0) is 20.7. The van der Waals surface area contributed by atoms with Crippen LogP contribution in [0.3, 0.4) is 0 Å². The van der Waals surface area contributed by atoms with E-state index in [-0.39, 0.29) is 0 Å². The summed E-state index contributed by atoms with van der Waals surface area (Å²) < 4.78 is 9.52. The molecule has 0 unspecified atom stereocenters. The molecule has 0 aliphatic carbocycles. The third-order valence-electron chi connectivity index (χ3n) is 5.00. The van der Waals surface area contributed by atoms with Gasteiger partial charge in [-0.2, -0.15) is 0 Å². The maximum atomic E-state index is 2.34. The Labute approximate surface area is 193 Å². The van der Waals surface area contributed by atoms with E-state index in [4.69, 9.17) is 0 Å². The Kier molecular flexibility index (Phi) is 12.8. The van der Waals surface area contributed by atoms with Crippen molar-refractivity contribution >= 4 is 50.9 Å². The molecule has 0 heterocycles. The minimum atomic E-state index is -1.98. The van der Waals surface area contributed by atoms with Crippen LogP contribution in [0, 0.1) is 0 Å². The summed E-state index contributed by atoms with van der Waals surface area (Å²) in [6.07, 6.45) is 4.36. The Morgan fingerprint density at radius 3 is 0.966 bits per heavy atom. The molecule has 3 rings (SSSR count). The van der Waals surface area contributed by atoms with Gasteiger partial charge in [-0.05, 0) is 0 Å². The molecule has 0 bridgehead atoms. The molecule has 3 aromatic carbocycles. The van der Waals surface area contributed by atoms with Crippen molar-refractivity contribution in [3.63, 3.8) is 0 Å². The van der Waals surface area contributed by atoms with Gasteiger partial charge in [0.1, 0.15) is 0 Å². The van der Waals surface area contributed by atoms with Gasteiger partial charge in [0.2, 0.25) is 0 Å². The summed E-state index contributed by atoms with van der Waals surface area (Å²) >= 11 is -2.74. The summed E-state index contributed by atoms with van der Waals surface area (Å²) in [4.78, 5) is 0. The molecule has 0 aliphatic heterocycles. The van der Waals surface area contributed by atoms with Gasteiger partial charge >= 0.3 is 195 Å². The van der Waals surface area contributed by atoms with Gasteiger partial charge in [0.05, 0.1) is 0 Å². The van der Waals surface area contributed by atoms with Crippen molar-refractivity contribution in [1.29, 1.82) is 0 Å². The summed E-state index contributed by atoms with van der Waals surface area (Å²) in [6, 6.07) is 32.9. The second-order valence-corrected chi connectivity index (χ2v) is 23.1. The summed E-state index contributed by atoms with van der Waals surface area (Å²) in [5.41, 5.74) is 0. The van der Waals surface area contributed by atoms with Crippen LogP contribution in [0.4, 0.5) is 0 Å². The van der Waals surface area contributed by atoms with Crippen molar-refractivity contribution in [2.24, 2.45) is 0 Å². The third kappa shape index (κ3) is 8.90. The van der Waals surface area contributed by atoms with E-state index in [2.05, 4.69) is 112 Å². The Hall–Kier alpha value is -0.704. The fourth-order valence-corrected chi connectivity index (χ4v) is 19.3. The monoisotopic (exact) mass is 604 g/mol. The fraction of sp³-hybridized carbons (Fsp3) is 0.333. The van der Waals surface area contributed by atoms with E-state index in [1.54, 1.807) is 13.1 Å². The van der Waals surface area contributed by atoms with E-state index in [1.807, 2.05) is 0 Å². The third-order valence-corrected chi connectivity index (χ3v) is 23.1. The average Bonchev–Trinajstić information content (AvgIpc) is 2.77. The molecule has 0 spiro atoms. The van der Waals surface area contributed by atoms with Gasteiger partial charge in [0.25, 0.3) is 0 Å². The predicted octanol–water partition coefficient (Wildman–Crippen LogP) is 5.38. The van der Waals surface area contributed by atoms with E-state index in [0.29, 0.717) is 0 Å². The number of rotatable bonds is 9. The normalized spacial score (nSPS) is 10.7. The molecule has 0 saturated heterocycles. The average molecular weight is 606 g/mol. The van der Waals surface area contributed by atoms with Gasteiger partial charge in [-0.25, -0.2) is 0 Å². The second kappa shape index (κ2) is 15.2. The first-order valence-electron chi connectivity index (χ1n) is 11.2. The maximum absolute atomic E-state index is 2.34. The zero-order valence-electron chi connectivity index (χ0n) is 18.4. The molecule has 29 heavy (non-hydrogen) atoms. The van der Waals surface area contributed by atoms with Crippen molar-refractivity contribution in [1.82, 2.24) is 0 Å². The van der Waals surface area contributed by atoms with Crippen LogP contribution in [-0.4, -0.2) is 40.4 Å². The number of benzene rings is 3. The number of hydrogen-bond donors (Lipinski definition) is 0. The molecule has 0 amide bonds. The van der Waals surface area contributed by atoms with Crippen LogP contribution in [0.1, 0.15) is 40.0 Å². The van der Waals surface area contributed by atoms with Crippen molar-refractivity contribution in [2.45, 2.75) is 53.1 Å².